The normalized spacial score (nSPS) is 16.3. The van der Waals surface area contributed by atoms with E-state index in [0.717, 1.165) is 32.4 Å². The van der Waals surface area contributed by atoms with Gasteiger partial charge < -0.3 is 5.32 Å². The fraction of sp³-hybridized carbons (Fsp3) is 0.111. The molecular formula is C18H11BrCl2N2O. The van der Waals surface area contributed by atoms with Gasteiger partial charge in [0.1, 0.15) is 0 Å². The summed E-state index contributed by atoms with van der Waals surface area (Å²) in [7, 11) is 0. The van der Waals surface area contributed by atoms with Gasteiger partial charge in [-0.15, -0.1) is 0 Å². The maximum absolute atomic E-state index is 12.2. The number of nitrogens with zero attached hydrogens (tertiary/aromatic N) is 1. The third-order valence-corrected chi connectivity index (χ3v) is 5.37. The molecule has 0 bridgehead atoms. The van der Waals surface area contributed by atoms with Crippen molar-refractivity contribution in [1.82, 2.24) is 5.32 Å². The average Bonchev–Trinajstić information content (AvgIpc) is 2.81. The van der Waals surface area contributed by atoms with Crippen molar-refractivity contribution in [3.05, 3.63) is 73.2 Å². The number of hydrogen-bond acceptors (Lipinski definition) is 2. The Labute approximate surface area is 157 Å². The molecule has 4 rings (SSSR count). The Bertz CT molecular complexity index is 950. The van der Waals surface area contributed by atoms with Gasteiger partial charge in [-0.3, -0.25) is 9.79 Å². The smallest absolute Gasteiger partial charge is 0.249 e. The zero-order valence-corrected chi connectivity index (χ0v) is 15.5. The minimum atomic E-state index is -0.0676. The molecular weight excluding hydrogens is 411 g/mol. The summed E-state index contributed by atoms with van der Waals surface area (Å²) >= 11 is 16.3. The van der Waals surface area contributed by atoms with E-state index in [-0.39, 0.29) is 5.91 Å². The molecule has 2 aromatic rings. The molecule has 2 aliphatic heterocycles. The van der Waals surface area contributed by atoms with Gasteiger partial charge in [0.05, 0.1) is 12.3 Å². The summed E-state index contributed by atoms with van der Waals surface area (Å²) in [6.45, 7) is 0.813. The van der Waals surface area contributed by atoms with E-state index in [1.807, 2.05) is 36.4 Å². The van der Waals surface area contributed by atoms with Crippen molar-refractivity contribution in [2.45, 2.75) is 0 Å². The van der Waals surface area contributed by atoms with Crippen LogP contribution in [0.2, 0.25) is 10.0 Å². The molecule has 0 aliphatic carbocycles. The Morgan fingerprint density at radius 1 is 1.08 bits per heavy atom. The molecule has 0 aromatic heterocycles. The number of rotatable bonds is 1. The number of nitrogens with one attached hydrogen (secondary N) is 1. The summed E-state index contributed by atoms with van der Waals surface area (Å²) in [5, 5.41) is 4.09. The maximum Gasteiger partial charge on any atom is 0.249 e. The van der Waals surface area contributed by atoms with E-state index in [2.05, 4.69) is 21.2 Å². The van der Waals surface area contributed by atoms with E-state index >= 15 is 0 Å². The second-order valence-corrected chi connectivity index (χ2v) is 7.29. The SMILES string of the molecule is O=C1NCC2=C1CN=C(c1ccccc1Cl)c1cc(Cl)cc(Br)c12. The average molecular weight is 422 g/mol. The number of hydrogen-bond donors (Lipinski definition) is 1. The molecule has 2 heterocycles. The molecule has 0 saturated heterocycles. The van der Waals surface area contributed by atoms with Crippen LogP contribution in [0.4, 0.5) is 0 Å². The summed E-state index contributed by atoms with van der Waals surface area (Å²) < 4.78 is 0.843. The molecule has 1 N–H and O–H groups in total. The van der Waals surface area contributed by atoms with Gasteiger partial charge in [0, 0.05) is 43.3 Å². The topological polar surface area (TPSA) is 41.5 Å². The number of fused-ring (bicyclic) bond motifs is 2. The molecule has 24 heavy (non-hydrogen) atoms. The minimum Gasteiger partial charge on any atom is -0.348 e. The summed E-state index contributed by atoms with van der Waals surface area (Å²) in [6, 6.07) is 11.3. The molecule has 0 saturated carbocycles. The lowest BCUT2D eigenvalue weighted by atomic mass is 9.93. The molecule has 0 fully saturated rings. The van der Waals surface area contributed by atoms with Crippen LogP contribution >= 0.6 is 39.1 Å². The van der Waals surface area contributed by atoms with Crippen LogP contribution in [-0.4, -0.2) is 24.7 Å². The summed E-state index contributed by atoms with van der Waals surface area (Å²) in [4.78, 5) is 16.9. The highest BCUT2D eigenvalue weighted by Crippen LogP contribution is 2.38. The fourth-order valence-corrected chi connectivity index (χ4v) is 4.39. The van der Waals surface area contributed by atoms with Crippen LogP contribution in [0.3, 0.4) is 0 Å². The third kappa shape index (κ3) is 2.50. The first-order valence-corrected chi connectivity index (χ1v) is 8.90. The quantitative estimate of drug-likeness (QED) is 0.723. The van der Waals surface area contributed by atoms with Gasteiger partial charge in [-0.05, 0) is 23.8 Å². The molecule has 0 radical (unpaired) electrons. The van der Waals surface area contributed by atoms with E-state index in [1.54, 1.807) is 0 Å². The fourth-order valence-electron chi connectivity index (χ4n) is 3.12. The second-order valence-electron chi connectivity index (χ2n) is 5.59. The predicted octanol–water partition coefficient (Wildman–Crippen LogP) is 4.49. The molecule has 1 amide bonds. The Balaban J connectivity index is 2.03. The van der Waals surface area contributed by atoms with Crippen molar-refractivity contribution in [3.8, 4) is 0 Å². The highest BCUT2D eigenvalue weighted by molar-refractivity contribution is 9.10. The van der Waals surface area contributed by atoms with Gasteiger partial charge in [0.15, 0.2) is 0 Å². The van der Waals surface area contributed by atoms with Crippen LogP contribution in [0.1, 0.15) is 16.7 Å². The molecule has 120 valence electrons. The van der Waals surface area contributed by atoms with Crippen LogP contribution in [0.25, 0.3) is 5.57 Å². The lowest BCUT2D eigenvalue weighted by molar-refractivity contribution is -0.116. The van der Waals surface area contributed by atoms with Crippen LogP contribution in [0.5, 0.6) is 0 Å². The van der Waals surface area contributed by atoms with E-state index in [9.17, 15) is 4.79 Å². The number of aliphatic imine (C=N–C) groups is 1. The Hall–Kier alpha value is -1.62. The van der Waals surface area contributed by atoms with Crippen molar-refractivity contribution >= 4 is 56.3 Å². The number of benzene rings is 2. The highest BCUT2D eigenvalue weighted by atomic mass is 79.9. The van der Waals surface area contributed by atoms with Crippen molar-refractivity contribution in [2.75, 3.05) is 13.1 Å². The van der Waals surface area contributed by atoms with E-state index in [0.29, 0.717) is 28.7 Å². The van der Waals surface area contributed by atoms with Crippen LogP contribution in [0.15, 0.2) is 51.4 Å². The molecule has 2 aromatic carbocycles. The van der Waals surface area contributed by atoms with Crippen LogP contribution < -0.4 is 5.32 Å². The Kier molecular flexibility index (Phi) is 3.99. The predicted molar refractivity (Wildman–Crippen MR) is 101 cm³/mol. The van der Waals surface area contributed by atoms with Crippen molar-refractivity contribution < 1.29 is 4.79 Å². The molecule has 6 heteroatoms. The Morgan fingerprint density at radius 2 is 1.88 bits per heavy atom. The van der Waals surface area contributed by atoms with Crippen LogP contribution in [0, 0.1) is 0 Å². The molecule has 2 aliphatic rings. The van der Waals surface area contributed by atoms with E-state index in [1.165, 1.54) is 0 Å². The van der Waals surface area contributed by atoms with Gasteiger partial charge in [-0.25, -0.2) is 0 Å². The van der Waals surface area contributed by atoms with E-state index in [4.69, 9.17) is 28.2 Å². The number of carbonyl (C=O) groups excluding carboxylic acids is 1. The first-order chi connectivity index (χ1) is 11.6. The second kappa shape index (κ2) is 6.03. The van der Waals surface area contributed by atoms with Crippen LogP contribution in [-0.2, 0) is 4.79 Å². The van der Waals surface area contributed by atoms with Gasteiger partial charge in [-0.2, -0.15) is 0 Å². The molecule has 0 spiro atoms. The third-order valence-electron chi connectivity index (χ3n) is 4.20. The lowest BCUT2D eigenvalue weighted by Crippen LogP contribution is -2.19. The largest absolute Gasteiger partial charge is 0.348 e. The Morgan fingerprint density at radius 3 is 2.67 bits per heavy atom. The zero-order chi connectivity index (χ0) is 16.8. The summed E-state index contributed by atoms with van der Waals surface area (Å²) in [5.41, 5.74) is 5.07. The molecule has 0 unspecified atom stereocenters. The van der Waals surface area contributed by atoms with Crippen molar-refractivity contribution in [2.24, 2.45) is 4.99 Å². The maximum atomic E-state index is 12.2. The standard InChI is InChI=1S/C18H11BrCl2N2O/c19-14-6-9(20)5-11-16(14)12-7-23-18(24)13(12)8-22-17(11)10-3-1-2-4-15(10)21/h1-6H,7-8H2,(H,23,24). The van der Waals surface area contributed by atoms with Crippen molar-refractivity contribution in [3.63, 3.8) is 0 Å². The highest BCUT2D eigenvalue weighted by Gasteiger charge is 2.30. The monoisotopic (exact) mass is 420 g/mol. The van der Waals surface area contributed by atoms with Gasteiger partial charge >= 0.3 is 0 Å². The van der Waals surface area contributed by atoms with Gasteiger partial charge in [0.2, 0.25) is 5.91 Å². The summed E-state index contributed by atoms with van der Waals surface area (Å²) in [6.07, 6.45) is 0. The number of carbonyl (C=O) groups is 1. The van der Waals surface area contributed by atoms with Gasteiger partial charge in [0.25, 0.3) is 0 Å². The number of halogens is 3. The summed E-state index contributed by atoms with van der Waals surface area (Å²) in [5.74, 6) is -0.0676. The van der Waals surface area contributed by atoms with Crippen molar-refractivity contribution in [1.29, 1.82) is 0 Å². The first-order valence-electron chi connectivity index (χ1n) is 7.35. The molecule has 0 atom stereocenters. The first kappa shape index (κ1) is 15.9. The lowest BCUT2D eigenvalue weighted by Gasteiger charge is -2.15. The van der Waals surface area contributed by atoms with Gasteiger partial charge in [-0.1, -0.05) is 57.3 Å². The number of amides is 1. The molecule has 3 nitrogen and oxygen atoms in total. The van der Waals surface area contributed by atoms with E-state index < -0.39 is 0 Å². The zero-order valence-electron chi connectivity index (χ0n) is 12.4. The minimum absolute atomic E-state index is 0.0676.